The third-order valence-electron chi connectivity index (χ3n) is 4.78. The van der Waals surface area contributed by atoms with Gasteiger partial charge in [-0.25, -0.2) is 15.0 Å². The summed E-state index contributed by atoms with van der Waals surface area (Å²) in [5, 5.41) is 10.0. The molecule has 1 aromatic carbocycles. The number of benzene rings is 1. The van der Waals surface area contributed by atoms with Gasteiger partial charge in [-0.15, -0.1) is 0 Å². The van der Waals surface area contributed by atoms with Crippen molar-refractivity contribution in [2.24, 2.45) is 0 Å². The van der Waals surface area contributed by atoms with Crippen LogP contribution >= 0.6 is 11.6 Å². The maximum absolute atomic E-state index is 12.8. The molecule has 0 bridgehead atoms. The Morgan fingerprint density at radius 1 is 1.07 bits per heavy atom. The van der Waals surface area contributed by atoms with Crippen LogP contribution in [0.15, 0.2) is 53.7 Å². The van der Waals surface area contributed by atoms with Gasteiger partial charge in [-0.1, -0.05) is 43.5 Å². The maximum Gasteiger partial charge on any atom is 0.313 e. The summed E-state index contributed by atoms with van der Waals surface area (Å²) >= 11 is 5.99. The molecule has 0 radical (unpaired) electrons. The summed E-state index contributed by atoms with van der Waals surface area (Å²) < 4.78 is 3.56. The molecule has 29 heavy (non-hydrogen) atoms. The minimum Gasteiger partial charge on any atom is -0.479 e. The second-order valence-electron chi connectivity index (χ2n) is 6.80. The minimum atomic E-state index is -0.305. The zero-order chi connectivity index (χ0) is 20.4. The smallest absolute Gasteiger partial charge is 0.313 e. The van der Waals surface area contributed by atoms with Crippen molar-refractivity contribution in [3.63, 3.8) is 0 Å². The molecule has 3 heterocycles. The molecular formula is C21H20ClN5O2. The van der Waals surface area contributed by atoms with Crippen LogP contribution in [0.5, 0.6) is 6.01 Å². The first-order valence-corrected chi connectivity index (χ1v) is 9.85. The van der Waals surface area contributed by atoms with Gasteiger partial charge < -0.3 is 9.67 Å². The van der Waals surface area contributed by atoms with Crippen molar-refractivity contribution in [3.05, 3.63) is 64.3 Å². The molecule has 7 nitrogen and oxygen atoms in total. The summed E-state index contributed by atoms with van der Waals surface area (Å²) in [6, 6.07) is 8.61. The quantitative estimate of drug-likeness (QED) is 0.483. The number of nitrogens with zero attached hydrogens (tertiary/aromatic N) is 5. The topological polar surface area (TPSA) is 85.3 Å². The summed E-state index contributed by atoms with van der Waals surface area (Å²) in [6.45, 7) is 2.84. The molecule has 0 saturated carbocycles. The molecule has 0 aliphatic carbocycles. The Morgan fingerprint density at radius 2 is 1.79 bits per heavy atom. The van der Waals surface area contributed by atoms with Crippen molar-refractivity contribution in [2.45, 2.75) is 32.7 Å². The van der Waals surface area contributed by atoms with E-state index in [1.54, 1.807) is 28.8 Å². The average molecular weight is 410 g/mol. The largest absolute Gasteiger partial charge is 0.479 e. The normalized spacial score (nSPS) is 11.2. The highest BCUT2D eigenvalue weighted by molar-refractivity contribution is 6.30. The predicted octanol–water partition coefficient (Wildman–Crippen LogP) is 4.17. The number of hydrogen-bond acceptors (Lipinski definition) is 5. The van der Waals surface area contributed by atoms with Gasteiger partial charge in [0.1, 0.15) is 0 Å². The Labute approximate surface area is 172 Å². The molecule has 0 amide bonds. The lowest BCUT2D eigenvalue weighted by Crippen LogP contribution is -2.18. The molecule has 0 fully saturated rings. The van der Waals surface area contributed by atoms with Gasteiger partial charge >= 0.3 is 6.01 Å². The Bertz CT molecular complexity index is 1200. The Hall–Kier alpha value is -3.19. The van der Waals surface area contributed by atoms with Gasteiger partial charge in [-0.05, 0) is 18.6 Å². The molecular weight excluding hydrogens is 390 g/mol. The van der Waals surface area contributed by atoms with Gasteiger partial charge in [0.15, 0.2) is 0 Å². The number of aryl methyl sites for hydroxylation is 1. The number of unbranched alkanes of at least 4 members (excludes halogenated alkanes) is 2. The van der Waals surface area contributed by atoms with Crippen molar-refractivity contribution in [1.29, 1.82) is 0 Å². The van der Waals surface area contributed by atoms with Crippen molar-refractivity contribution in [2.75, 3.05) is 0 Å². The zero-order valence-electron chi connectivity index (χ0n) is 15.9. The van der Waals surface area contributed by atoms with Crippen LogP contribution in [0, 0.1) is 0 Å². The number of aromatic hydroxyl groups is 1. The molecule has 0 unspecified atom stereocenters. The highest BCUT2D eigenvalue weighted by atomic mass is 35.5. The van der Waals surface area contributed by atoms with Crippen LogP contribution in [-0.4, -0.2) is 29.0 Å². The Balaban J connectivity index is 1.90. The molecule has 4 rings (SSSR count). The van der Waals surface area contributed by atoms with Crippen molar-refractivity contribution >= 4 is 17.4 Å². The van der Waals surface area contributed by atoms with E-state index in [1.807, 2.05) is 16.7 Å². The van der Waals surface area contributed by atoms with E-state index < -0.39 is 0 Å². The highest BCUT2D eigenvalue weighted by Crippen LogP contribution is 2.24. The van der Waals surface area contributed by atoms with Crippen LogP contribution in [0.1, 0.15) is 26.2 Å². The van der Waals surface area contributed by atoms with E-state index in [0.29, 0.717) is 34.3 Å². The van der Waals surface area contributed by atoms with Gasteiger partial charge in [-0.3, -0.25) is 9.20 Å². The first kappa shape index (κ1) is 19.1. The lowest BCUT2D eigenvalue weighted by molar-refractivity contribution is 0.430. The van der Waals surface area contributed by atoms with Crippen LogP contribution in [-0.2, 0) is 6.54 Å². The van der Waals surface area contributed by atoms with Gasteiger partial charge in [0.2, 0.25) is 5.78 Å². The maximum atomic E-state index is 12.8. The molecule has 0 atom stereocenters. The van der Waals surface area contributed by atoms with Crippen LogP contribution in [0.25, 0.3) is 28.3 Å². The lowest BCUT2D eigenvalue weighted by Gasteiger charge is -2.14. The molecule has 8 heteroatoms. The molecule has 0 spiro atoms. The second-order valence-corrected chi connectivity index (χ2v) is 7.24. The van der Waals surface area contributed by atoms with Gasteiger partial charge in [0.25, 0.3) is 5.56 Å². The van der Waals surface area contributed by atoms with Gasteiger partial charge in [0.05, 0.1) is 11.4 Å². The average Bonchev–Trinajstić information content (AvgIpc) is 3.17. The summed E-state index contributed by atoms with van der Waals surface area (Å²) in [5.74, 6) is 0.557. The minimum absolute atomic E-state index is 0.192. The molecule has 0 saturated heterocycles. The fraction of sp³-hybridized carbons (Fsp3) is 0.238. The van der Waals surface area contributed by atoms with Crippen LogP contribution < -0.4 is 5.56 Å². The number of aromatic nitrogens is 5. The monoisotopic (exact) mass is 409 g/mol. The molecule has 1 N–H and O–H groups in total. The third-order valence-corrected chi connectivity index (χ3v) is 5.03. The lowest BCUT2D eigenvalue weighted by atomic mass is 10.2. The fourth-order valence-electron chi connectivity index (χ4n) is 3.29. The van der Waals surface area contributed by atoms with E-state index >= 15 is 0 Å². The highest BCUT2D eigenvalue weighted by Gasteiger charge is 2.15. The molecule has 148 valence electrons. The molecule has 4 aromatic rings. The fourth-order valence-corrected chi connectivity index (χ4v) is 3.41. The van der Waals surface area contributed by atoms with Crippen molar-refractivity contribution < 1.29 is 5.11 Å². The van der Waals surface area contributed by atoms with E-state index in [1.165, 1.54) is 12.4 Å². The second kappa shape index (κ2) is 8.05. The van der Waals surface area contributed by atoms with Crippen LogP contribution in [0.2, 0.25) is 5.02 Å². The summed E-state index contributed by atoms with van der Waals surface area (Å²) in [4.78, 5) is 25.3. The first-order chi connectivity index (χ1) is 14.1. The molecule has 0 aliphatic rings. The van der Waals surface area contributed by atoms with Gasteiger partial charge in [-0.2, -0.15) is 0 Å². The number of fused-ring (bicyclic) bond motifs is 1. The standard InChI is InChI=1S/C21H20ClN5O2/c1-2-3-4-9-26-18(15-11-23-20(29)24-12-15)10-19(28)27-13-17(25-21(26)27)14-5-7-16(22)8-6-14/h5-8,10-13H,2-4,9H2,1H3,(H,23,24,29). The van der Waals surface area contributed by atoms with Crippen LogP contribution in [0.3, 0.4) is 0 Å². The number of imidazole rings is 1. The van der Waals surface area contributed by atoms with Crippen molar-refractivity contribution in [3.8, 4) is 28.5 Å². The van der Waals surface area contributed by atoms with E-state index in [4.69, 9.17) is 16.6 Å². The molecule has 0 aliphatic heterocycles. The van der Waals surface area contributed by atoms with E-state index in [0.717, 1.165) is 24.8 Å². The summed E-state index contributed by atoms with van der Waals surface area (Å²) in [6.07, 6.45) is 7.85. The Morgan fingerprint density at radius 3 is 2.48 bits per heavy atom. The molecule has 3 aromatic heterocycles. The van der Waals surface area contributed by atoms with E-state index in [-0.39, 0.29) is 11.6 Å². The van der Waals surface area contributed by atoms with E-state index in [9.17, 15) is 9.90 Å². The number of halogens is 1. The number of rotatable bonds is 6. The SMILES string of the molecule is CCCCCn1c(-c2cnc(O)nc2)cc(=O)n2cc(-c3ccc(Cl)cc3)nc12. The first-order valence-electron chi connectivity index (χ1n) is 9.47. The van der Waals surface area contributed by atoms with E-state index in [2.05, 4.69) is 16.9 Å². The zero-order valence-corrected chi connectivity index (χ0v) is 16.7. The summed E-state index contributed by atoms with van der Waals surface area (Å²) in [7, 11) is 0. The summed E-state index contributed by atoms with van der Waals surface area (Å²) in [5.41, 5.74) is 2.71. The number of hydrogen-bond donors (Lipinski definition) is 1. The third kappa shape index (κ3) is 3.86. The Kier molecular flexibility index (Phi) is 5.31. The van der Waals surface area contributed by atoms with Gasteiger partial charge in [0, 0.05) is 47.4 Å². The van der Waals surface area contributed by atoms with Crippen molar-refractivity contribution in [1.82, 2.24) is 23.9 Å². The van der Waals surface area contributed by atoms with Crippen LogP contribution in [0.4, 0.5) is 0 Å². The predicted molar refractivity (Wildman–Crippen MR) is 112 cm³/mol.